The zero-order valence-corrected chi connectivity index (χ0v) is 12.0. The van der Waals surface area contributed by atoms with Gasteiger partial charge in [-0.1, -0.05) is 18.0 Å². The van der Waals surface area contributed by atoms with Gasteiger partial charge in [0.05, 0.1) is 4.34 Å². The van der Waals surface area contributed by atoms with E-state index in [1.165, 1.54) is 24.1 Å². The Labute approximate surface area is 112 Å². The van der Waals surface area contributed by atoms with Crippen LogP contribution in [0, 0.1) is 5.41 Å². The number of halogens is 1. The molecule has 4 heteroatoms. The third kappa shape index (κ3) is 2.95. The van der Waals surface area contributed by atoms with E-state index in [2.05, 4.69) is 30.6 Å². The predicted molar refractivity (Wildman–Crippen MR) is 75.8 cm³/mol. The van der Waals surface area contributed by atoms with Gasteiger partial charge in [0.1, 0.15) is 0 Å². The summed E-state index contributed by atoms with van der Waals surface area (Å²) in [7, 11) is 2.19. The lowest BCUT2D eigenvalue weighted by molar-refractivity contribution is 0.102. The number of nitrogens with zero attached hydrogens (tertiary/aromatic N) is 1. The molecule has 1 aliphatic rings. The SMILES string of the molecule is CN(Cc1ccc(Cl)s1)CC1(CS)CCC1. The normalized spacial score (nSPS) is 18.8. The molecule has 0 N–H and O–H groups in total. The number of thiophene rings is 1. The summed E-state index contributed by atoms with van der Waals surface area (Å²) in [4.78, 5) is 3.75. The van der Waals surface area contributed by atoms with Crippen LogP contribution < -0.4 is 0 Å². The highest BCUT2D eigenvalue weighted by molar-refractivity contribution is 7.80. The Bertz CT molecular complexity index is 341. The van der Waals surface area contributed by atoms with Crippen molar-refractivity contribution in [1.82, 2.24) is 4.90 Å². The van der Waals surface area contributed by atoms with Crippen LogP contribution in [0.1, 0.15) is 24.1 Å². The van der Waals surface area contributed by atoms with Crippen molar-refractivity contribution in [3.8, 4) is 0 Å². The minimum atomic E-state index is 0.485. The Morgan fingerprint density at radius 3 is 2.69 bits per heavy atom. The number of rotatable bonds is 5. The molecule has 90 valence electrons. The van der Waals surface area contributed by atoms with Crippen molar-refractivity contribution in [3.63, 3.8) is 0 Å². The van der Waals surface area contributed by atoms with E-state index in [0.717, 1.165) is 23.2 Å². The van der Waals surface area contributed by atoms with Gasteiger partial charge in [-0.25, -0.2) is 0 Å². The molecule has 1 fully saturated rings. The molecular formula is C12H18ClNS2. The summed E-state index contributed by atoms with van der Waals surface area (Å²) in [6, 6.07) is 4.10. The van der Waals surface area contributed by atoms with E-state index >= 15 is 0 Å². The summed E-state index contributed by atoms with van der Waals surface area (Å²) in [6.45, 7) is 2.17. The number of thiol groups is 1. The van der Waals surface area contributed by atoms with Gasteiger partial charge in [-0.3, -0.25) is 0 Å². The van der Waals surface area contributed by atoms with Gasteiger partial charge in [-0.15, -0.1) is 11.3 Å². The summed E-state index contributed by atoms with van der Waals surface area (Å²) in [5.74, 6) is 1.02. The van der Waals surface area contributed by atoms with Crippen molar-refractivity contribution in [3.05, 3.63) is 21.3 Å². The number of hydrogen-bond donors (Lipinski definition) is 1. The summed E-state index contributed by atoms with van der Waals surface area (Å²) in [5.41, 5.74) is 0.485. The minimum Gasteiger partial charge on any atom is -0.301 e. The average molecular weight is 276 g/mol. The van der Waals surface area contributed by atoms with E-state index in [1.54, 1.807) is 11.3 Å². The lowest BCUT2D eigenvalue weighted by atomic mass is 9.70. The van der Waals surface area contributed by atoms with E-state index in [0.29, 0.717) is 5.41 Å². The first-order chi connectivity index (χ1) is 7.63. The van der Waals surface area contributed by atoms with Gasteiger partial charge >= 0.3 is 0 Å². The summed E-state index contributed by atoms with van der Waals surface area (Å²) >= 11 is 12.1. The highest BCUT2D eigenvalue weighted by Crippen LogP contribution is 2.42. The molecule has 0 aliphatic heterocycles. The topological polar surface area (TPSA) is 3.24 Å². The van der Waals surface area contributed by atoms with Gasteiger partial charge < -0.3 is 4.90 Å². The first-order valence-electron chi connectivity index (χ1n) is 5.67. The van der Waals surface area contributed by atoms with Crippen molar-refractivity contribution in [1.29, 1.82) is 0 Å². The summed E-state index contributed by atoms with van der Waals surface area (Å²) in [6.07, 6.45) is 4.05. The zero-order valence-electron chi connectivity index (χ0n) is 9.58. The molecule has 2 rings (SSSR count). The van der Waals surface area contributed by atoms with Crippen molar-refractivity contribution in [2.75, 3.05) is 19.3 Å². The van der Waals surface area contributed by atoms with E-state index in [-0.39, 0.29) is 0 Å². The molecule has 0 radical (unpaired) electrons. The van der Waals surface area contributed by atoms with Crippen LogP contribution in [0.2, 0.25) is 4.34 Å². The van der Waals surface area contributed by atoms with E-state index in [4.69, 9.17) is 11.6 Å². The van der Waals surface area contributed by atoms with Gasteiger partial charge in [-0.2, -0.15) is 12.6 Å². The fourth-order valence-corrected chi connectivity index (χ4v) is 3.96. The number of hydrogen-bond acceptors (Lipinski definition) is 3. The van der Waals surface area contributed by atoms with Crippen LogP contribution in [0.3, 0.4) is 0 Å². The molecule has 16 heavy (non-hydrogen) atoms. The first-order valence-corrected chi connectivity index (χ1v) is 7.50. The van der Waals surface area contributed by atoms with Crippen molar-refractivity contribution >= 4 is 35.6 Å². The van der Waals surface area contributed by atoms with Crippen LogP contribution in [0.4, 0.5) is 0 Å². The van der Waals surface area contributed by atoms with Crippen LogP contribution in [-0.2, 0) is 6.54 Å². The monoisotopic (exact) mass is 275 g/mol. The summed E-state index contributed by atoms with van der Waals surface area (Å²) in [5, 5.41) is 0. The minimum absolute atomic E-state index is 0.485. The molecule has 1 saturated carbocycles. The van der Waals surface area contributed by atoms with Crippen LogP contribution in [0.5, 0.6) is 0 Å². The smallest absolute Gasteiger partial charge is 0.0931 e. The Kier molecular flexibility index (Phi) is 4.22. The lowest BCUT2D eigenvalue weighted by Crippen LogP contribution is -2.41. The first kappa shape index (κ1) is 12.7. The highest BCUT2D eigenvalue weighted by atomic mass is 35.5. The van der Waals surface area contributed by atoms with Gasteiger partial charge in [0.25, 0.3) is 0 Å². The standard InChI is InChI=1S/C12H18ClNS2/c1-14(7-10-3-4-11(13)16-10)8-12(9-15)5-2-6-12/h3-4,15H,2,5-9H2,1H3. The van der Waals surface area contributed by atoms with Gasteiger partial charge in [0, 0.05) is 18.0 Å². The molecular weight excluding hydrogens is 258 g/mol. The Balaban J connectivity index is 1.86. The third-order valence-corrected chi connectivity index (χ3v) is 5.30. The molecule has 0 unspecified atom stereocenters. The Morgan fingerprint density at radius 1 is 1.50 bits per heavy atom. The second kappa shape index (κ2) is 5.30. The van der Waals surface area contributed by atoms with Crippen LogP contribution in [0.25, 0.3) is 0 Å². The molecule has 1 heterocycles. The van der Waals surface area contributed by atoms with Crippen LogP contribution in [-0.4, -0.2) is 24.2 Å². The molecule has 0 atom stereocenters. The van der Waals surface area contributed by atoms with Crippen molar-refractivity contribution < 1.29 is 0 Å². The molecule has 0 spiro atoms. The average Bonchev–Trinajstić information content (AvgIpc) is 2.57. The molecule has 0 amide bonds. The Morgan fingerprint density at radius 2 is 2.25 bits per heavy atom. The van der Waals surface area contributed by atoms with E-state index in [1.807, 2.05) is 6.07 Å². The maximum absolute atomic E-state index is 5.93. The third-order valence-electron chi connectivity index (χ3n) is 3.41. The second-order valence-electron chi connectivity index (χ2n) is 4.89. The largest absolute Gasteiger partial charge is 0.301 e. The van der Waals surface area contributed by atoms with Gasteiger partial charge in [0.2, 0.25) is 0 Å². The molecule has 1 aliphatic carbocycles. The summed E-state index contributed by atoms with van der Waals surface area (Å²) < 4.78 is 0.885. The molecule has 1 aromatic heterocycles. The predicted octanol–water partition coefficient (Wildman–Crippen LogP) is 3.93. The zero-order chi connectivity index (χ0) is 11.6. The maximum atomic E-state index is 5.93. The molecule has 1 nitrogen and oxygen atoms in total. The van der Waals surface area contributed by atoms with E-state index in [9.17, 15) is 0 Å². The van der Waals surface area contributed by atoms with Gasteiger partial charge in [-0.05, 0) is 43.2 Å². The van der Waals surface area contributed by atoms with Crippen LogP contribution >= 0.6 is 35.6 Å². The van der Waals surface area contributed by atoms with Gasteiger partial charge in [0.15, 0.2) is 0 Å². The lowest BCUT2D eigenvalue weighted by Gasteiger charge is -2.43. The molecule has 0 saturated heterocycles. The van der Waals surface area contributed by atoms with E-state index < -0.39 is 0 Å². The Hall–Kier alpha value is 0.300. The fourth-order valence-electron chi connectivity index (χ4n) is 2.37. The van der Waals surface area contributed by atoms with Crippen molar-refractivity contribution in [2.45, 2.75) is 25.8 Å². The quantitative estimate of drug-likeness (QED) is 0.797. The van der Waals surface area contributed by atoms with Crippen LogP contribution in [0.15, 0.2) is 12.1 Å². The second-order valence-corrected chi connectivity index (χ2v) is 7.01. The van der Waals surface area contributed by atoms with Crippen molar-refractivity contribution in [2.24, 2.45) is 5.41 Å². The fraction of sp³-hybridized carbons (Fsp3) is 0.667. The molecule has 1 aromatic rings. The molecule has 0 bridgehead atoms. The maximum Gasteiger partial charge on any atom is 0.0931 e. The molecule has 0 aromatic carbocycles. The highest BCUT2D eigenvalue weighted by Gasteiger charge is 2.36.